The van der Waals surface area contributed by atoms with Crippen molar-refractivity contribution in [2.75, 3.05) is 20.8 Å². The van der Waals surface area contributed by atoms with E-state index in [1.54, 1.807) is 7.11 Å². The second-order valence-corrected chi connectivity index (χ2v) is 5.06. The van der Waals surface area contributed by atoms with Gasteiger partial charge in [-0.3, -0.25) is 0 Å². The number of hydrogen-bond donors (Lipinski definition) is 0. The minimum Gasteiger partial charge on any atom is -0.489 e. The summed E-state index contributed by atoms with van der Waals surface area (Å²) in [7, 11) is 3.17. The fourth-order valence-corrected chi connectivity index (χ4v) is 2.42. The number of para-hydroxylation sites is 1. The smallest absolute Gasteiger partial charge is 0.122 e. The fourth-order valence-electron chi connectivity index (χ4n) is 2.42. The van der Waals surface area contributed by atoms with Crippen molar-refractivity contribution in [2.45, 2.75) is 20.0 Å². The molecule has 0 atom stereocenters. The molecule has 0 saturated carbocycles. The maximum absolute atomic E-state index is 6.02. The van der Waals surface area contributed by atoms with Crippen molar-refractivity contribution in [3.8, 4) is 5.75 Å². The van der Waals surface area contributed by atoms with Gasteiger partial charge < -0.3 is 14.3 Å². The minimum atomic E-state index is 0.385. The van der Waals surface area contributed by atoms with E-state index in [-0.39, 0.29) is 0 Å². The van der Waals surface area contributed by atoms with E-state index in [4.69, 9.17) is 14.3 Å². The quantitative estimate of drug-likeness (QED) is 0.549. The lowest BCUT2D eigenvalue weighted by Crippen LogP contribution is -2.13. The molecule has 0 N–H and O–H groups in total. The Hall–Kier alpha value is -2.33. The fraction of sp³-hybridized carbons (Fsp3) is 0.316. The van der Waals surface area contributed by atoms with E-state index in [0.29, 0.717) is 13.2 Å². The Bertz CT molecular complexity index is 653. The van der Waals surface area contributed by atoms with Gasteiger partial charge in [-0.2, -0.15) is 0 Å². The molecule has 0 heterocycles. The van der Waals surface area contributed by atoms with Crippen LogP contribution < -0.4 is 4.74 Å². The Labute approximate surface area is 137 Å². The topological polar surface area (TPSA) is 40.0 Å². The van der Waals surface area contributed by atoms with Crippen molar-refractivity contribution in [1.29, 1.82) is 0 Å². The molecular formula is C19H23NO3. The zero-order chi connectivity index (χ0) is 16.5. The van der Waals surface area contributed by atoms with Gasteiger partial charge in [-0.05, 0) is 23.6 Å². The van der Waals surface area contributed by atoms with Gasteiger partial charge in [0.1, 0.15) is 25.2 Å². The first-order chi connectivity index (χ1) is 11.3. The van der Waals surface area contributed by atoms with Crippen molar-refractivity contribution in [3.05, 3.63) is 65.2 Å². The van der Waals surface area contributed by atoms with Gasteiger partial charge in [-0.1, -0.05) is 54.5 Å². The van der Waals surface area contributed by atoms with Crippen LogP contribution in [0, 0.1) is 0 Å². The molecule has 4 heteroatoms. The van der Waals surface area contributed by atoms with Crippen LogP contribution in [-0.4, -0.2) is 26.5 Å². The number of nitrogens with zero attached hydrogens (tertiary/aromatic N) is 1. The summed E-state index contributed by atoms with van der Waals surface area (Å²) in [5.41, 5.74) is 3.97. The molecule has 2 rings (SSSR count). The second-order valence-electron chi connectivity index (χ2n) is 5.06. The van der Waals surface area contributed by atoms with Crippen LogP contribution >= 0.6 is 0 Å². The molecule has 0 aromatic heterocycles. The average Bonchev–Trinajstić information content (AvgIpc) is 2.60. The Morgan fingerprint density at radius 3 is 2.35 bits per heavy atom. The number of aryl methyl sites for hydroxylation is 1. The number of rotatable bonds is 8. The molecule has 2 aromatic rings. The van der Waals surface area contributed by atoms with Crippen LogP contribution in [0.25, 0.3) is 0 Å². The van der Waals surface area contributed by atoms with E-state index in [2.05, 4.69) is 18.1 Å². The second kappa shape index (κ2) is 8.96. The summed E-state index contributed by atoms with van der Waals surface area (Å²) in [5, 5.41) is 4.07. The third-order valence-electron chi connectivity index (χ3n) is 3.55. The molecule has 0 spiro atoms. The van der Waals surface area contributed by atoms with Crippen LogP contribution in [0.2, 0.25) is 0 Å². The highest BCUT2D eigenvalue weighted by atomic mass is 16.6. The summed E-state index contributed by atoms with van der Waals surface area (Å²) in [6.07, 6.45) is 0.942. The van der Waals surface area contributed by atoms with E-state index in [9.17, 15) is 0 Å². The van der Waals surface area contributed by atoms with Gasteiger partial charge in [0.2, 0.25) is 0 Å². The predicted molar refractivity (Wildman–Crippen MR) is 92.0 cm³/mol. The summed E-state index contributed by atoms with van der Waals surface area (Å²) < 4.78 is 11.2. The molecule has 23 heavy (non-hydrogen) atoms. The predicted octanol–water partition coefficient (Wildman–Crippen LogP) is 3.82. The van der Waals surface area contributed by atoms with Gasteiger partial charge in [0.05, 0.1) is 6.61 Å². The third kappa shape index (κ3) is 4.57. The van der Waals surface area contributed by atoms with Gasteiger partial charge in [0.25, 0.3) is 0 Å². The molecule has 122 valence electrons. The number of oxime groups is 1. The van der Waals surface area contributed by atoms with Crippen molar-refractivity contribution in [2.24, 2.45) is 5.16 Å². The molecule has 0 fully saturated rings. The van der Waals surface area contributed by atoms with Crippen molar-refractivity contribution < 1.29 is 14.3 Å². The molecular weight excluding hydrogens is 290 g/mol. The number of methoxy groups -OCH3 is 1. The largest absolute Gasteiger partial charge is 0.489 e. The molecule has 0 amide bonds. The van der Waals surface area contributed by atoms with Crippen LogP contribution in [-0.2, 0) is 22.6 Å². The van der Waals surface area contributed by atoms with Crippen LogP contribution in [0.1, 0.15) is 23.6 Å². The Morgan fingerprint density at radius 1 is 0.957 bits per heavy atom. The zero-order valence-corrected chi connectivity index (χ0v) is 13.9. The van der Waals surface area contributed by atoms with Gasteiger partial charge >= 0.3 is 0 Å². The van der Waals surface area contributed by atoms with Crippen LogP contribution in [0.4, 0.5) is 0 Å². The minimum absolute atomic E-state index is 0.385. The summed E-state index contributed by atoms with van der Waals surface area (Å²) in [4.78, 5) is 4.93. The molecule has 0 saturated heterocycles. The molecule has 4 nitrogen and oxygen atoms in total. The van der Waals surface area contributed by atoms with Gasteiger partial charge in [0.15, 0.2) is 0 Å². The Morgan fingerprint density at radius 2 is 1.65 bits per heavy atom. The van der Waals surface area contributed by atoms with E-state index in [1.807, 2.05) is 42.5 Å². The molecule has 2 aromatic carbocycles. The van der Waals surface area contributed by atoms with Crippen LogP contribution in [0.15, 0.2) is 53.7 Å². The highest BCUT2D eigenvalue weighted by molar-refractivity contribution is 6.02. The standard InChI is InChI=1S/C19H23NO3/c1-4-15-9-6-8-12-19(15)23-13-16-10-5-7-11-17(16)18(14-21-2)20-22-3/h5-12H,4,13-14H2,1-3H3. The van der Waals surface area contributed by atoms with Gasteiger partial charge in [0, 0.05) is 12.7 Å². The zero-order valence-electron chi connectivity index (χ0n) is 13.9. The summed E-state index contributed by atoms with van der Waals surface area (Å²) in [6, 6.07) is 16.1. The summed E-state index contributed by atoms with van der Waals surface area (Å²) in [5.74, 6) is 0.918. The SMILES string of the molecule is CCc1ccccc1OCc1ccccc1C(COC)=NOC. The van der Waals surface area contributed by atoms with E-state index in [0.717, 1.165) is 29.0 Å². The normalized spacial score (nSPS) is 11.3. The number of hydrogen-bond acceptors (Lipinski definition) is 4. The first kappa shape index (κ1) is 17.0. The van der Waals surface area contributed by atoms with Gasteiger partial charge in [-0.15, -0.1) is 0 Å². The molecule has 0 aliphatic heterocycles. The summed E-state index contributed by atoms with van der Waals surface area (Å²) >= 11 is 0. The van der Waals surface area contributed by atoms with E-state index < -0.39 is 0 Å². The highest BCUT2D eigenvalue weighted by Gasteiger charge is 2.11. The van der Waals surface area contributed by atoms with Gasteiger partial charge in [-0.25, -0.2) is 0 Å². The van der Waals surface area contributed by atoms with Crippen molar-refractivity contribution in [3.63, 3.8) is 0 Å². The summed E-state index contributed by atoms with van der Waals surface area (Å²) in [6.45, 7) is 2.98. The molecule has 0 radical (unpaired) electrons. The lowest BCUT2D eigenvalue weighted by atomic mass is 10.0. The lowest BCUT2D eigenvalue weighted by Gasteiger charge is -2.14. The lowest BCUT2D eigenvalue weighted by molar-refractivity contribution is 0.201. The first-order valence-corrected chi connectivity index (χ1v) is 7.68. The number of ether oxygens (including phenoxy) is 2. The molecule has 0 bridgehead atoms. The third-order valence-corrected chi connectivity index (χ3v) is 3.55. The Balaban J connectivity index is 2.22. The molecule has 0 aliphatic rings. The maximum atomic E-state index is 6.02. The molecule has 0 unspecified atom stereocenters. The Kier molecular flexibility index (Phi) is 6.63. The van der Waals surface area contributed by atoms with Crippen molar-refractivity contribution >= 4 is 5.71 Å². The number of benzene rings is 2. The molecule has 0 aliphatic carbocycles. The first-order valence-electron chi connectivity index (χ1n) is 7.68. The van der Waals surface area contributed by atoms with E-state index in [1.165, 1.54) is 12.7 Å². The average molecular weight is 313 g/mol. The van der Waals surface area contributed by atoms with Crippen LogP contribution in [0.5, 0.6) is 5.75 Å². The monoisotopic (exact) mass is 313 g/mol. The van der Waals surface area contributed by atoms with E-state index >= 15 is 0 Å². The highest BCUT2D eigenvalue weighted by Crippen LogP contribution is 2.21. The van der Waals surface area contributed by atoms with Crippen molar-refractivity contribution in [1.82, 2.24) is 0 Å². The maximum Gasteiger partial charge on any atom is 0.122 e. The van der Waals surface area contributed by atoms with Crippen LogP contribution in [0.3, 0.4) is 0 Å².